The minimum atomic E-state index is 0.498. The van der Waals surface area contributed by atoms with E-state index in [2.05, 4.69) is 54.2 Å². The van der Waals surface area contributed by atoms with Crippen molar-refractivity contribution in [2.45, 2.75) is 33.4 Å². The predicted molar refractivity (Wildman–Crippen MR) is 89.3 cm³/mol. The van der Waals surface area contributed by atoms with Gasteiger partial charge in [0.15, 0.2) is 0 Å². The van der Waals surface area contributed by atoms with E-state index in [1.54, 1.807) is 0 Å². The molecule has 1 saturated heterocycles. The van der Waals surface area contributed by atoms with Crippen LogP contribution in [0, 0.1) is 0 Å². The van der Waals surface area contributed by atoms with Gasteiger partial charge in [-0.2, -0.15) is 0 Å². The summed E-state index contributed by atoms with van der Waals surface area (Å²) in [5.41, 5.74) is 2.52. The summed E-state index contributed by atoms with van der Waals surface area (Å²) >= 11 is 0. The molecule has 0 aliphatic carbocycles. The number of nitrogens with zero attached hydrogens (tertiary/aromatic N) is 2. The Balaban J connectivity index is 2.12. The average molecular weight is 291 g/mol. The molecule has 0 atom stereocenters. The van der Waals surface area contributed by atoms with Crippen LogP contribution in [0.4, 0.5) is 5.69 Å². The largest absolute Gasteiger partial charge is 0.492 e. The number of anilines is 1. The highest BCUT2D eigenvalue weighted by Crippen LogP contribution is 2.30. The maximum absolute atomic E-state index is 5.88. The lowest BCUT2D eigenvalue weighted by atomic mass is 10.1. The Morgan fingerprint density at radius 1 is 1.19 bits per heavy atom. The Morgan fingerprint density at radius 2 is 1.90 bits per heavy atom. The highest BCUT2D eigenvalue weighted by Gasteiger charge is 2.18. The molecule has 21 heavy (non-hydrogen) atoms. The molecule has 1 aliphatic rings. The monoisotopic (exact) mass is 291 g/mol. The maximum atomic E-state index is 5.88. The summed E-state index contributed by atoms with van der Waals surface area (Å²) < 4.78 is 5.88. The Labute approximate surface area is 129 Å². The smallest absolute Gasteiger partial charge is 0.142 e. The van der Waals surface area contributed by atoms with E-state index < -0.39 is 0 Å². The zero-order valence-corrected chi connectivity index (χ0v) is 13.9. The first kappa shape index (κ1) is 16.1. The fourth-order valence-corrected chi connectivity index (χ4v) is 2.57. The summed E-state index contributed by atoms with van der Waals surface area (Å²) in [6.07, 6.45) is 0. The number of likely N-dealkylation sites (N-methyl/N-ethyl adjacent to an activating group) is 1. The topological polar surface area (TPSA) is 27.7 Å². The van der Waals surface area contributed by atoms with E-state index in [0.717, 1.165) is 38.5 Å². The fourth-order valence-electron chi connectivity index (χ4n) is 2.57. The van der Waals surface area contributed by atoms with Crippen molar-refractivity contribution in [2.24, 2.45) is 0 Å². The van der Waals surface area contributed by atoms with Crippen molar-refractivity contribution in [3.8, 4) is 5.75 Å². The number of ether oxygens (including phenoxy) is 1. The van der Waals surface area contributed by atoms with Gasteiger partial charge in [-0.1, -0.05) is 19.9 Å². The summed E-state index contributed by atoms with van der Waals surface area (Å²) in [6, 6.07) is 7.11. The van der Waals surface area contributed by atoms with Crippen molar-refractivity contribution in [3.63, 3.8) is 0 Å². The molecule has 1 aromatic carbocycles. The van der Waals surface area contributed by atoms with Crippen molar-refractivity contribution < 1.29 is 4.74 Å². The molecular weight excluding hydrogens is 262 g/mol. The molecule has 0 amide bonds. The lowest BCUT2D eigenvalue weighted by molar-refractivity contribution is 0.307. The lowest BCUT2D eigenvalue weighted by Crippen LogP contribution is -2.44. The van der Waals surface area contributed by atoms with Gasteiger partial charge in [0.05, 0.1) is 12.3 Å². The summed E-state index contributed by atoms with van der Waals surface area (Å²) in [5, 5.41) is 3.46. The van der Waals surface area contributed by atoms with Gasteiger partial charge in [-0.3, -0.25) is 0 Å². The molecule has 1 fully saturated rings. The van der Waals surface area contributed by atoms with E-state index in [-0.39, 0.29) is 0 Å². The lowest BCUT2D eigenvalue weighted by Gasteiger charge is -2.35. The minimum Gasteiger partial charge on any atom is -0.492 e. The van der Waals surface area contributed by atoms with Gasteiger partial charge in [0.2, 0.25) is 0 Å². The minimum absolute atomic E-state index is 0.498. The molecule has 1 N–H and O–H groups in total. The number of hydrogen-bond donors (Lipinski definition) is 1. The molecule has 0 unspecified atom stereocenters. The third-order valence-corrected chi connectivity index (χ3v) is 3.88. The molecule has 0 spiro atoms. The standard InChI is InChI=1S/C17H29N3O/c1-5-21-17-12-15(13-18-14(2)3)6-7-16(17)20-10-8-19(4)9-11-20/h6-7,12,14,18H,5,8-11,13H2,1-4H3. The molecule has 0 bridgehead atoms. The van der Waals surface area contributed by atoms with Gasteiger partial charge in [-0.15, -0.1) is 0 Å². The zero-order chi connectivity index (χ0) is 15.2. The van der Waals surface area contributed by atoms with Gasteiger partial charge in [0.1, 0.15) is 5.75 Å². The molecular formula is C17H29N3O. The second kappa shape index (κ2) is 7.66. The van der Waals surface area contributed by atoms with Crippen LogP contribution < -0.4 is 15.0 Å². The molecule has 0 aromatic heterocycles. The van der Waals surface area contributed by atoms with Gasteiger partial charge in [-0.25, -0.2) is 0 Å². The highest BCUT2D eigenvalue weighted by atomic mass is 16.5. The summed E-state index contributed by atoms with van der Waals surface area (Å²) in [5.74, 6) is 1.02. The van der Waals surface area contributed by atoms with Gasteiger partial charge >= 0.3 is 0 Å². The Morgan fingerprint density at radius 3 is 2.52 bits per heavy atom. The first-order chi connectivity index (χ1) is 10.1. The van der Waals surface area contributed by atoms with Crippen LogP contribution in [0.2, 0.25) is 0 Å². The van der Waals surface area contributed by atoms with Crippen LogP contribution in [-0.2, 0) is 6.54 Å². The molecule has 0 saturated carbocycles. The normalized spacial score (nSPS) is 16.5. The second-order valence-electron chi connectivity index (χ2n) is 6.06. The summed E-state index contributed by atoms with van der Waals surface area (Å²) in [7, 11) is 2.18. The fraction of sp³-hybridized carbons (Fsp3) is 0.647. The van der Waals surface area contributed by atoms with Crippen LogP contribution in [0.15, 0.2) is 18.2 Å². The van der Waals surface area contributed by atoms with Gasteiger partial charge in [0, 0.05) is 38.8 Å². The number of rotatable bonds is 6. The van der Waals surface area contributed by atoms with Crippen molar-refractivity contribution in [1.29, 1.82) is 0 Å². The third kappa shape index (κ3) is 4.61. The third-order valence-electron chi connectivity index (χ3n) is 3.88. The molecule has 0 radical (unpaired) electrons. The molecule has 4 heteroatoms. The van der Waals surface area contributed by atoms with Crippen LogP contribution in [0.25, 0.3) is 0 Å². The molecule has 1 aliphatic heterocycles. The van der Waals surface area contributed by atoms with Gasteiger partial charge in [0.25, 0.3) is 0 Å². The van der Waals surface area contributed by atoms with E-state index in [9.17, 15) is 0 Å². The number of hydrogen-bond acceptors (Lipinski definition) is 4. The Bertz CT molecular complexity index is 440. The van der Waals surface area contributed by atoms with Crippen LogP contribution in [0.3, 0.4) is 0 Å². The zero-order valence-electron chi connectivity index (χ0n) is 13.9. The van der Waals surface area contributed by atoms with Crippen molar-refractivity contribution in [3.05, 3.63) is 23.8 Å². The molecule has 4 nitrogen and oxygen atoms in total. The van der Waals surface area contributed by atoms with Crippen molar-refractivity contribution >= 4 is 5.69 Å². The number of piperazine rings is 1. The predicted octanol–water partition coefficient (Wildman–Crippen LogP) is 2.34. The van der Waals surface area contributed by atoms with Crippen LogP contribution in [-0.4, -0.2) is 50.8 Å². The quantitative estimate of drug-likeness (QED) is 0.870. The van der Waals surface area contributed by atoms with E-state index in [4.69, 9.17) is 4.74 Å². The number of nitrogens with one attached hydrogen (secondary N) is 1. The van der Waals surface area contributed by atoms with Crippen molar-refractivity contribution in [2.75, 3.05) is 44.7 Å². The summed E-state index contributed by atoms with van der Waals surface area (Å²) in [4.78, 5) is 4.81. The van der Waals surface area contributed by atoms with Crippen LogP contribution >= 0.6 is 0 Å². The van der Waals surface area contributed by atoms with E-state index in [0.29, 0.717) is 12.6 Å². The SMILES string of the molecule is CCOc1cc(CNC(C)C)ccc1N1CCN(C)CC1. The first-order valence-corrected chi connectivity index (χ1v) is 8.02. The van der Waals surface area contributed by atoms with Crippen LogP contribution in [0.1, 0.15) is 26.3 Å². The molecule has 2 rings (SSSR count). The second-order valence-corrected chi connectivity index (χ2v) is 6.06. The highest BCUT2D eigenvalue weighted by molar-refractivity contribution is 5.60. The van der Waals surface area contributed by atoms with E-state index >= 15 is 0 Å². The Hall–Kier alpha value is -1.26. The molecule has 1 aromatic rings. The van der Waals surface area contributed by atoms with Gasteiger partial charge < -0.3 is 19.9 Å². The first-order valence-electron chi connectivity index (χ1n) is 8.02. The summed E-state index contributed by atoms with van der Waals surface area (Å²) in [6.45, 7) is 12.4. The van der Waals surface area contributed by atoms with E-state index in [1.165, 1.54) is 11.3 Å². The maximum Gasteiger partial charge on any atom is 0.142 e. The average Bonchev–Trinajstić information content (AvgIpc) is 2.47. The molecule has 118 valence electrons. The Kier molecular flexibility index (Phi) is 5.88. The van der Waals surface area contributed by atoms with Gasteiger partial charge in [-0.05, 0) is 31.7 Å². The van der Waals surface area contributed by atoms with Crippen LogP contribution in [0.5, 0.6) is 5.75 Å². The van der Waals surface area contributed by atoms with E-state index in [1.807, 2.05) is 6.92 Å². The number of benzene rings is 1. The van der Waals surface area contributed by atoms with Crippen molar-refractivity contribution in [1.82, 2.24) is 10.2 Å². The molecule has 1 heterocycles.